The molecule has 1 aromatic carbocycles. The minimum Gasteiger partial charge on any atom is -0.497 e. The lowest BCUT2D eigenvalue weighted by atomic mass is 10.1. The predicted molar refractivity (Wildman–Crippen MR) is 98.1 cm³/mol. The van der Waals surface area contributed by atoms with Crippen molar-refractivity contribution in [1.29, 1.82) is 0 Å². The fraction of sp³-hybridized carbons (Fsp3) is 0.188. The van der Waals surface area contributed by atoms with E-state index < -0.39 is 0 Å². The molecule has 0 saturated heterocycles. The van der Waals surface area contributed by atoms with Crippen molar-refractivity contribution >= 4 is 28.2 Å². The molecular formula is C16H15N7O3S. The normalized spacial score (nSPS) is 10.9. The number of ether oxygens (including phenoxy) is 2. The van der Waals surface area contributed by atoms with Crippen molar-refractivity contribution in [2.75, 3.05) is 19.5 Å². The first-order chi connectivity index (χ1) is 13.2. The van der Waals surface area contributed by atoms with E-state index in [1.165, 1.54) is 11.3 Å². The zero-order valence-corrected chi connectivity index (χ0v) is 15.3. The van der Waals surface area contributed by atoms with Crippen molar-refractivity contribution in [2.45, 2.75) is 6.42 Å². The van der Waals surface area contributed by atoms with Crippen molar-refractivity contribution in [2.24, 2.45) is 0 Å². The molecule has 4 aromatic rings. The van der Waals surface area contributed by atoms with Crippen LogP contribution in [0, 0.1) is 0 Å². The third-order valence-electron chi connectivity index (χ3n) is 3.90. The first-order valence-electron chi connectivity index (χ1n) is 7.89. The maximum Gasteiger partial charge on any atom is 0.269 e. The van der Waals surface area contributed by atoms with Crippen LogP contribution in [0.25, 0.3) is 16.2 Å². The number of thiazole rings is 1. The number of aromatic amines is 1. The molecule has 0 aliphatic carbocycles. The van der Waals surface area contributed by atoms with E-state index in [1.807, 2.05) is 34.2 Å². The lowest BCUT2D eigenvalue weighted by molar-refractivity contribution is -0.115. The largest absolute Gasteiger partial charge is 0.497 e. The number of rotatable bonds is 6. The van der Waals surface area contributed by atoms with Gasteiger partial charge in [-0.2, -0.15) is 5.21 Å². The highest BCUT2D eigenvalue weighted by atomic mass is 32.1. The summed E-state index contributed by atoms with van der Waals surface area (Å²) in [6.07, 6.45) is 2.03. The number of aromatic nitrogens is 6. The fourth-order valence-electron chi connectivity index (χ4n) is 2.65. The first-order valence-corrected chi connectivity index (χ1v) is 8.77. The van der Waals surface area contributed by atoms with Gasteiger partial charge in [-0.25, -0.2) is 4.98 Å². The molecule has 3 aromatic heterocycles. The van der Waals surface area contributed by atoms with Crippen molar-refractivity contribution in [1.82, 2.24) is 30.0 Å². The van der Waals surface area contributed by atoms with Gasteiger partial charge >= 0.3 is 0 Å². The number of nitrogens with zero attached hydrogens (tertiary/aromatic N) is 5. The molecule has 0 unspecified atom stereocenters. The molecule has 0 fully saturated rings. The summed E-state index contributed by atoms with van der Waals surface area (Å²) in [6, 6.07) is 5.53. The van der Waals surface area contributed by atoms with Crippen LogP contribution in [0.5, 0.6) is 11.5 Å². The van der Waals surface area contributed by atoms with Crippen LogP contribution < -0.4 is 14.8 Å². The van der Waals surface area contributed by atoms with E-state index >= 15 is 0 Å². The molecule has 10 nitrogen and oxygen atoms in total. The Hall–Kier alpha value is -3.47. The predicted octanol–water partition coefficient (Wildman–Crippen LogP) is 1.77. The number of anilines is 1. The van der Waals surface area contributed by atoms with Crippen molar-refractivity contribution in [3.63, 3.8) is 0 Å². The second kappa shape index (κ2) is 7.03. The molecule has 3 heterocycles. The molecule has 2 N–H and O–H groups in total. The van der Waals surface area contributed by atoms with Crippen LogP contribution in [-0.4, -0.2) is 50.1 Å². The van der Waals surface area contributed by atoms with Crippen LogP contribution in [0.4, 0.5) is 5.95 Å². The summed E-state index contributed by atoms with van der Waals surface area (Å²) in [5, 5.41) is 17.6. The van der Waals surface area contributed by atoms with E-state index in [4.69, 9.17) is 9.47 Å². The number of tetrazole rings is 1. The van der Waals surface area contributed by atoms with Gasteiger partial charge in [-0.1, -0.05) is 5.10 Å². The molecule has 1 amide bonds. The number of carbonyl (C=O) groups is 1. The molecule has 0 spiro atoms. The van der Waals surface area contributed by atoms with E-state index in [1.54, 1.807) is 14.2 Å². The van der Waals surface area contributed by atoms with Gasteiger partial charge < -0.3 is 9.47 Å². The molecule has 138 valence electrons. The van der Waals surface area contributed by atoms with Crippen molar-refractivity contribution in [3.05, 3.63) is 35.5 Å². The monoisotopic (exact) mass is 385 g/mol. The number of amides is 1. The minimum atomic E-state index is -0.245. The van der Waals surface area contributed by atoms with Gasteiger partial charge in [0.15, 0.2) is 4.96 Å². The van der Waals surface area contributed by atoms with Crippen molar-refractivity contribution < 1.29 is 14.3 Å². The third-order valence-corrected chi connectivity index (χ3v) is 4.79. The maximum atomic E-state index is 12.2. The zero-order valence-electron chi connectivity index (χ0n) is 14.5. The van der Waals surface area contributed by atoms with Gasteiger partial charge in [-0.05, 0) is 23.4 Å². The van der Waals surface area contributed by atoms with E-state index in [9.17, 15) is 4.79 Å². The summed E-state index contributed by atoms with van der Waals surface area (Å²) in [7, 11) is 3.22. The third kappa shape index (κ3) is 3.31. The standard InChI is InChI=1S/C16H15N7O3S/c1-25-10-3-4-13(26-2)11(6-10)12-7-23-9(8-27-16(23)17-12)5-14(24)18-15-19-21-22-20-15/h3-4,6-8H,5H2,1-2H3,(H2,18,19,20,21,22,24). The van der Waals surface area contributed by atoms with Gasteiger partial charge in [0.05, 0.1) is 26.3 Å². The molecule has 0 bridgehead atoms. The number of hydrogen-bond acceptors (Lipinski definition) is 8. The Balaban J connectivity index is 1.63. The van der Waals surface area contributed by atoms with Gasteiger partial charge in [0, 0.05) is 22.8 Å². The van der Waals surface area contributed by atoms with Crippen molar-refractivity contribution in [3.8, 4) is 22.8 Å². The van der Waals surface area contributed by atoms with Crippen LogP contribution in [0.3, 0.4) is 0 Å². The number of carbonyl (C=O) groups excluding carboxylic acids is 1. The molecule has 0 saturated carbocycles. The van der Waals surface area contributed by atoms with E-state index in [0.717, 1.165) is 21.9 Å². The number of benzene rings is 1. The highest BCUT2D eigenvalue weighted by Gasteiger charge is 2.16. The van der Waals surface area contributed by atoms with Gasteiger partial charge in [-0.15, -0.1) is 16.4 Å². The number of H-pyrrole nitrogens is 1. The first kappa shape index (κ1) is 17.0. The van der Waals surface area contributed by atoms with Gasteiger partial charge in [-0.3, -0.25) is 14.5 Å². The number of hydrogen-bond donors (Lipinski definition) is 2. The topological polar surface area (TPSA) is 119 Å². The Morgan fingerprint density at radius 2 is 2.22 bits per heavy atom. The number of imidazole rings is 1. The Kier molecular flexibility index (Phi) is 4.42. The summed E-state index contributed by atoms with van der Waals surface area (Å²) in [5.74, 6) is 1.30. The highest BCUT2D eigenvalue weighted by molar-refractivity contribution is 7.15. The zero-order chi connectivity index (χ0) is 18.8. The molecule has 4 rings (SSSR count). The Bertz CT molecular complexity index is 1090. The second-order valence-electron chi connectivity index (χ2n) is 5.53. The Morgan fingerprint density at radius 1 is 1.33 bits per heavy atom. The SMILES string of the molecule is COc1ccc(OC)c(-c2cn3c(CC(=O)Nc4nn[nH]n4)csc3n2)c1. The lowest BCUT2D eigenvalue weighted by Gasteiger charge is -2.08. The van der Waals surface area contributed by atoms with Crippen LogP contribution in [0.15, 0.2) is 29.8 Å². The highest BCUT2D eigenvalue weighted by Crippen LogP contribution is 2.34. The number of methoxy groups -OCH3 is 2. The summed E-state index contributed by atoms with van der Waals surface area (Å²) in [6.45, 7) is 0. The molecule has 0 aliphatic rings. The number of nitrogens with one attached hydrogen (secondary N) is 2. The average molecular weight is 385 g/mol. The lowest BCUT2D eigenvalue weighted by Crippen LogP contribution is -2.16. The Labute approximate surface area is 157 Å². The van der Waals surface area contributed by atoms with Crippen LogP contribution in [-0.2, 0) is 11.2 Å². The smallest absolute Gasteiger partial charge is 0.269 e. The second-order valence-corrected chi connectivity index (χ2v) is 6.37. The van der Waals surface area contributed by atoms with Gasteiger partial charge in [0.25, 0.3) is 5.95 Å². The maximum absolute atomic E-state index is 12.2. The van der Waals surface area contributed by atoms with Crippen LogP contribution >= 0.6 is 11.3 Å². The van der Waals surface area contributed by atoms with E-state index in [-0.39, 0.29) is 18.3 Å². The fourth-order valence-corrected chi connectivity index (χ4v) is 3.52. The average Bonchev–Trinajstić information content (AvgIpc) is 3.40. The van der Waals surface area contributed by atoms with Crippen LogP contribution in [0.1, 0.15) is 5.69 Å². The quantitative estimate of drug-likeness (QED) is 0.519. The minimum absolute atomic E-state index is 0.138. The molecular weight excluding hydrogens is 370 g/mol. The number of fused-ring (bicyclic) bond motifs is 1. The summed E-state index contributed by atoms with van der Waals surface area (Å²) in [4.78, 5) is 17.6. The van der Waals surface area contributed by atoms with E-state index in [2.05, 4.69) is 30.9 Å². The van der Waals surface area contributed by atoms with Gasteiger partial charge in [0.2, 0.25) is 5.91 Å². The molecule has 27 heavy (non-hydrogen) atoms. The molecule has 0 radical (unpaired) electrons. The van der Waals surface area contributed by atoms with Crippen LogP contribution in [0.2, 0.25) is 0 Å². The van der Waals surface area contributed by atoms with Gasteiger partial charge in [0.1, 0.15) is 11.5 Å². The summed E-state index contributed by atoms with van der Waals surface area (Å²) < 4.78 is 12.6. The molecule has 11 heteroatoms. The Morgan fingerprint density at radius 3 is 2.96 bits per heavy atom. The summed E-state index contributed by atoms with van der Waals surface area (Å²) in [5.41, 5.74) is 2.35. The molecule has 0 atom stereocenters. The van der Waals surface area contributed by atoms with E-state index in [0.29, 0.717) is 11.5 Å². The summed E-state index contributed by atoms with van der Waals surface area (Å²) >= 11 is 1.45. The molecule has 0 aliphatic heterocycles.